The van der Waals surface area contributed by atoms with Gasteiger partial charge in [-0.1, -0.05) is 0 Å². The molecule has 6 nitrogen and oxygen atoms in total. The molecule has 0 unspecified atom stereocenters. The molecular formula is C22H28N2O4. The monoisotopic (exact) mass is 384 g/mol. The molecule has 6 heteroatoms. The maximum Gasteiger partial charge on any atom is 0.258 e. The van der Waals surface area contributed by atoms with Crippen molar-refractivity contribution in [3.63, 3.8) is 0 Å². The third-order valence-electron chi connectivity index (χ3n) is 7.10. The first-order chi connectivity index (χ1) is 13.5. The number of aryl methyl sites for hydroxylation is 2. The Morgan fingerprint density at radius 1 is 1.14 bits per heavy atom. The van der Waals surface area contributed by atoms with E-state index >= 15 is 0 Å². The molecule has 2 aliphatic carbocycles. The quantitative estimate of drug-likeness (QED) is 0.803. The number of carbonyl (C=O) groups excluding carboxylic acids is 3. The zero-order valence-electron chi connectivity index (χ0n) is 16.6. The van der Waals surface area contributed by atoms with Crippen molar-refractivity contribution >= 4 is 17.6 Å². The van der Waals surface area contributed by atoms with Gasteiger partial charge in [0.2, 0.25) is 5.91 Å². The zero-order valence-corrected chi connectivity index (χ0v) is 16.6. The van der Waals surface area contributed by atoms with E-state index < -0.39 is 5.41 Å². The fourth-order valence-electron chi connectivity index (χ4n) is 5.39. The number of Topliss-reactive ketones (excluding diaryl/α,β-unsaturated/α-hetero) is 1. The van der Waals surface area contributed by atoms with Crippen LogP contribution in [0.2, 0.25) is 0 Å². The van der Waals surface area contributed by atoms with E-state index in [0.29, 0.717) is 54.5 Å². The minimum absolute atomic E-state index is 0.0136. The van der Waals surface area contributed by atoms with E-state index in [1.807, 2.05) is 4.90 Å². The lowest BCUT2D eigenvalue weighted by atomic mass is 9.78. The molecule has 5 rings (SSSR count). The number of carbonyl (C=O) groups is 3. The first-order valence-electron chi connectivity index (χ1n) is 10.7. The molecule has 1 aromatic heterocycles. The molecule has 1 aromatic rings. The van der Waals surface area contributed by atoms with Crippen LogP contribution in [0.25, 0.3) is 0 Å². The largest absolute Gasteiger partial charge is 0.465 e. The van der Waals surface area contributed by atoms with Gasteiger partial charge >= 0.3 is 0 Å². The summed E-state index contributed by atoms with van der Waals surface area (Å²) in [5.74, 6) is 2.00. The van der Waals surface area contributed by atoms with Crippen molar-refractivity contribution in [1.82, 2.24) is 9.80 Å². The molecule has 1 atom stereocenters. The summed E-state index contributed by atoms with van der Waals surface area (Å²) in [6.45, 7) is 4.56. The van der Waals surface area contributed by atoms with Gasteiger partial charge in [-0.15, -0.1) is 0 Å². The van der Waals surface area contributed by atoms with Gasteiger partial charge in [0, 0.05) is 39.0 Å². The highest BCUT2D eigenvalue weighted by Crippen LogP contribution is 2.42. The molecule has 4 aliphatic rings. The second-order valence-electron chi connectivity index (χ2n) is 9.16. The molecule has 0 radical (unpaired) electrons. The second kappa shape index (κ2) is 6.46. The molecule has 3 fully saturated rings. The Morgan fingerprint density at radius 2 is 1.96 bits per heavy atom. The van der Waals surface area contributed by atoms with Gasteiger partial charge in [-0.2, -0.15) is 0 Å². The summed E-state index contributed by atoms with van der Waals surface area (Å²) in [6, 6.07) is 0. The highest BCUT2D eigenvalue weighted by atomic mass is 16.3. The van der Waals surface area contributed by atoms with Crippen LogP contribution in [0.1, 0.15) is 77.2 Å². The van der Waals surface area contributed by atoms with Crippen LogP contribution in [-0.2, 0) is 11.2 Å². The molecule has 3 heterocycles. The van der Waals surface area contributed by atoms with E-state index in [0.717, 1.165) is 38.8 Å². The summed E-state index contributed by atoms with van der Waals surface area (Å²) in [6.07, 6.45) is 7.05. The van der Waals surface area contributed by atoms with Crippen molar-refractivity contribution in [2.45, 2.75) is 58.3 Å². The average molecular weight is 384 g/mol. The van der Waals surface area contributed by atoms with Gasteiger partial charge in [0.1, 0.15) is 11.5 Å². The Balaban J connectivity index is 1.37. The first-order valence-corrected chi connectivity index (χ1v) is 10.7. The van der Waals surface area contributed by atoms with E-state index in [-0.39, 0.29) is 17.6 Å². The lowest BCUT2D eigenvalue weighted by Crippen LogP contribution is -2.51. The number of amides is 2. The van der Waals surface area contributed by atoms with Crippen LogP contribution in [0.15, 0.2) is 4.42 Å². The Bertz CT molecular complexity index is 853. The van der Waals surface area contributed by atoms with Crippen molar-refractivity contribution in [2.24, 2.45) is 11.3 Å². The summed E-state index contributed by atoms with van der Waals surface area (Å²) in [5.41, 5.74) is 0.514. The van der Waals surface area contributed by atoms with Gasteiger partial charge in [0.15, 0.2) is 5.78 Å². The maximum absolute atomic E-state index is 13.3. The molecule has 2 aliphatic heterocycles. The molecule has 1 saturated carbocycles. The summed E-state index contributed by atoms with van der Waals surface area (Å²) in [4.78, 5) is 42.9. The third kappa shape index (κ3) is 2.80. The van der Waals surface area contributed by atoms with Gasteiger partial charge in [-0.05, 0) is 51.4 Å². The van der Waals surface area contributed by atoms with E-state index in [1.54, 1.807) is 11.8 Å². The maximum atomic E-state index is 13.3. The molecule has 2 amide bonds. The Labute approximate surface area is 165 Å². The predicted molar refractivity (Wildman–Crippen MR) is 102 cm³/mol. The number of ketones is 1. The van der Waals surface area contributed by atoms with Crippen LogP contribution >= 0.6 is 0 Å². The number of likely N-dealkylation sites (tertiary alicyclic amines) is 2. The van der Waals surface area contributed by atoms with Crippen molar-refractivity contribution in [3.8, 4) is 0 Å². The standard InChI is InChI=1S/C22H28N2O4/c1-14-18(19-16(25)4-2-5-17(19)28-14)20(26)24-11-9-22(13-24)8-3-10-23(21(22)27)12-15-6-7-15/h15H,2-13H2,1H3/t22-/m1/s1. The Kier molecular flexibility index (Phi) is 4.14. The normalized spacial score (nSPS) is 27.6. The number of rotatable bonds is 3. The lowest BCUT2D eigenvalue weighted by Gasteiger charge is -2.39. The number of nitrogens with zero attached hydrogens (tertiary/aromatic N) is 2. The van der Waals surface area contributed by atoms with E-state index in [1.165, 1.54) is 12.8 Å². The van der Waals surface area contributed by atoms with Gasteiger partial charge < -0.3 is 14.2 Å². The van der Waals surface area contributed by atoms with E-state index in [4.69, 9.17) is 4.42 Å². The molecule has 0 bridgehead atoms. The van der Waals surface area contributed by atoms with Crippen molar-refractivity contribution in [1.29, 1.82) is 0 Å². The van der Waals surface area contributed by atoms with Crippen LogP contribution in [0.5, 0.6) is 0 Å². The molecule has 150 valence electrons. The van der Waals surface area contributed by atoms with Gasteiger partial charge in [0.25, 0.3) is 5.91 Å². The zero-order chi connectivity index (χ0) is 19.5. The number of hydrogen-bond donors (Lipinski definition) is 0. The highest BCUT2D eigenvalue weighted by molar-refractivity contribution is 6.10. The summed E-state index contributed by atoms with van der Waals surface area (Å²) in [7, 11) is 0. The van der Waals surface area contributed by atoms with Gasteiger partial charge in [-0.25, -0.2) is 0 Å². The molecule has 28 heavy (non-hydrogen) atoms. The van der Waals surface area contributed by atoms with Crippen LogP contribution in [0, 0.1) is 18.3 Å². The van der Waals surface area contributed by atoms with Crippen LogP contribution < -0.4 is 0 Å². The molecule has 0 N–H and O–H groups in total. The number of hydrogen-bond acceptors (Lipinski definition) is 4. The second-order valence-corrected chi connectivity index (χ2v) is 9.16. The number of furan rings is 1. The summed E-state index contributed by atoms with van der Waals surface area (Å²) in [5, 5.41) is 0. The molecule has 1 spiro atoms. The van der Waals surface area contributed by atoms with Gasteiger partial charge in [0.05, 0.1) is 16.5 Å². The fourth-order valence-corrected chi connectivity index (χ4v) is 5.39. The summed E-state index contributed by atoms with van der Waals surface area (Å²) < 4.78 is 5.77. The number of piperidine rings is 1. The van der Waals surface area contributed by atoms with E-state index in [2.05, 4.69) is 0 Å². The minimum Gasteiger partial charge on any atom is -0.465 e. The Hall–Kier alpha value is -2.11. The fraction of sp³-hybridized carbons (Fsp3) is 0.682. The smallest absolute Gasteiger partial charge is 0.258 e. The Morgan fingerprint density at radius 3 is 2.75 bits per heavy atom. The van der Waals surface area contributed by atoms with Crippen LogP contribution in [-0.4, -0.2) is 53.6 Å². The lowest BCUT2D eigenvalue weighted by molar-refractivity contribution is -0.145. The first kappa shape index (κ1) is 18.0. The minimum atomic E-state index is -0.426. The molecule has 0 aromatic carbocycles. The average Bonchev–Trinajstić information content (AvgIpc) is 3.27. The van der Waals surface area contributed by atoms with Crippen LogP contribution in [0.4, 0.5) is 0 Å². The SMILES string of the molecule is Cc1oc2c(c1C(=O)N1CC[C@]3(CCCN(CC4CC4)C3=O)C1)C(=O)CCC2. The van der Waals surface area contributed by atoms with E-state index in [9.17, 15) is 14.4 Å². The molecule has 2 saturated heterocycles. The highest BCUT2D eigenvalue weighted by Gasteiger charge is 2.50. The van der Waals surface area contributed by atoms with Crippen molar-refractivity contribution in [2.75, 3.05) is 26.2 Å². The summed E-state index contributed by atoms with van der Waals surface area (Å²) >= 11 is 0. The van der Waals surface area contributed by atoms with Crippen molar-refractivity contribution < 1.29 is 18.8 Å². The topological polar surface area (TPSA) is 70.8 Å². The van der Waals surface area contributed by atoms with Crippen LogP contribution in [0.3, 0.4) is 0 Å². The molecular weight excluding hydrogens is 356 g/mol. The third-order valence-corrected chi connectivity index (χ3v) is 7.10. The number of fused-ring (bicyclic) bond motifs is 1. The van der Waals surface area contributed by atoms with Gasteiger partial charge in [-0.3, -0.25) is 14.4 Å². The predicted octanol–water partition coefficient (Wildman–Crippen LogP) is 2.97. The van der Waals surface area contributed by atoms with Crippen molar-refractivity contribution in [3.05, 3.63) is 22.6 Å².